The van der Waals surface area contributed by atoms with Crippen LogP contribution >= 0.6 is 0 Å². The van der Waals surface area contributed by atoms with Crippen molar-refractivity contribution in [2.45, 2.75) is 32.7 Å². The molecule has 0 aromatic heterocycles. The number of piperidine rings is 1. The first-order chi connectivity index (χ1) is 13.1. The molecule has 2 amide bonds. The van der Waals surface area contributed by atoms with Crippen molar-refractivity contribution in [3.05, 3.63) is 17.7 Å². The van der Waals surface area contributed by atoms with Crippen LogP contribution in [0.3, 0.4) is 0 Å². The van der Waals surface area contributed by atoms with Gasteiger partial charge in [-0.15, -0.1) is 0 Å². The molecule has 1 aromatic rings. The number of hydrogen-bond acceptors (Lipinski definition) is 5. The fourth-order valence-corrected chi connectivity index (χ4v) is 3.27. The zero-order chi connectivity index (χ0) is 19.6. The van der Waals surface area contributed by atoms with Crippen LogP contribution in [0.2, 0.25) is 0 Å². The Bertz CT molecular complexity index is 576. The first-order valence-electron chi connectivity index (χ1n) is 9.60. The highest BCUT2D eigenvalue weighted by Gasteiger charge is 2.15. The molecular formula is C20H33N3O4. The first-order valence-corrected chi connectivity index (χ1v) is 9.60. The molecule has 152 valence electrons. The average molecular weight is 380 g/mol. The van der Waals surface area contributed by atoms with Crippen LogP contribution in [0.15, 0.2) is 12.1 Å². The standard InChI is InChI=1S/C20H33N3O4/c1-15-6-10-23(11-7-15)9-5-8-21-20(24)22-14-16-12-17(25-2)19(27-4)18(13-16)26-3/h12-13,15H,5-11,14H2,1-4H3,(H2,21,22,24). The van der Waals surface area contributed by atoms with Crippen LogP contribution < -0.4 is 24.8 Å². The Kier molecular flexibility index (Phi) is 8.51. The molecule has 2 N–H and O–H groups in total. The number of carbonyl (C=O) groups excluding carboxylic acids is 1. The Balaban J connectivity index is 1.72. The molecule has 1 aliphatic heterocycles. The number of amides is 2. The molecule has 27 heavy (non-hydrogen) atoms. The van der Waals surface area contributed by atoms with Crippen LogP contribution in [0.1, 0.15) is 31.7 Å². The third kappa shape index (κ3) is 6.50. The van der Waals surface area contributed by atoms with Crippen LogP contribution in [0.25, 0.3) is 0 Å². The Morgan fingerprint density at radius 1 is 1.07 bits per heavy atom. The molecule has 0 bridgehead atoms. The van der Waals surface area contributed by atoms with Gasteiger partial charge in [0.2, 0.25) is 5.75 Å². The highest BCUT2D eigenvalue weighted by atomic mass is 16.5. The van der Waals surface area contributed by atoms with Crippen LogP contribution in [0.5, 0.6) is 17.2 Å². The molecule has 0 radical (unpaired) electrons. The van der Waals surface area contributed by atoms with Crippen LogP contribution in [0.4, 0.5) is 4.79 Å². The highest BCUT2D eigenvalue weighted by Crippen LogP contribution is 2.38. The summed E-state index contributed by atoms with van der Waals surface area (Å²) in [7, 11) is 4.71. The lowest BCUT2D eigenvalue weighted by atomic mass is 9.99. The van der Waals surface area contributed by atoms with Gasteiger partial charge < -0.3 is 29.7 Å². The number of ether oxygens (including phenoxy) is 3. The van der Waals surface area contributed by atoms with Crippen LogP contribution in [-0.2, 0) is 6.54 Å². The zero-order valence-corrected chi connectivity index (χ0v) is 17.0. The van der Waals surface area contributed by atoms with Gasteiger partial charge in [0, 0.05) is 13.1 Å². The maximum absolute atomic E-state index is 12.0. The average Bonchev–Trinajstić information content (AvgIpc) is 2.70. The van der Waals surface area contributed by atoms with Crippen molar-refractivity contribution < 1.29 is 19.0 Å². The second kappa shape index (κ2) is 10.9. The predicted molar refractivity (Wildman–Crippen MR) is 106 cm³/mol. The Hall–Kier alpha value is -2.15. The molecule has 0 aliphatic carbocycles. The van der Waals surface area contributed by atoms with E-state index < -0.39 is 0 Å². The minimum Gasteiger partial charge on any atom is -0.493 e. The molecular weight excluding hydrogens is 346 g/mol. The number of methoxy groups -OCH3 is 3. The van der Waals surface area contributed by atoms with Crippen molar-refractivity contribution in [3.63, 3.8) is 0 Å². The lowest BCUT2D eigenvalue weighted by molar-refractivity contribution is 0.190. The van der Waals surface area contributed by atoms with Crippen molar-refractivity contribution in [3.8, 4) is 17.2 Å². The second-order valence-electron chi connectivity index (χ2n) is 7.02. The van der Waals surface area contributed by atoms with E-state index in [0.29, 0.717) is 30.3 Å². The Morgan fingerprint density at radius 3 is 2.26 bits per heavy atom. The van der Waals surface area contributed by atoms with E-state index in [1.54, 1.807) is 21.3 Å². The summed E-state index contributed by atoms with van der Waals surface area (Å²) in [6.45, 7) is 6.76. The van der Waals surface area contributed by atoms with Gasteiger partial charge in [-0.3, -0.25) is 0 Å². The van der Waals surface area contributed by atoms with Crippen molar-refractivity contribution in [2.75, 3.05) is 47.5 Å². The van der Waals surface area contributed by atoms with E-state index in [9.17, 15) is 4.79 Å². The number of nitrogens with zero attached hydrogens (tertiary/aromatic N) is 1. The molecule has 0 atom stereocenters. The third-order valence-corrected chi connectivity index (χ3v) is 4.99. The number of carbonyl (C=O) groups is 1. The summed E-state index contributed by atoms with van der Waals surface area (Å²) < 4.78 is 16.0. The first kappa shape index (κ1) is 21.2. The summed E-state index contributed by atoms with van der Waals surface area (Å²) in [5.74, 6) is 2.54. The van der Waals surface area contributed by atoms with Crippen LogP contribution in [0, 0.1) is 5.92 Å². The summed E-state index contributed by atoms with van der Waals surface area (Å²) in [5, 5.41) is 5.78. The van der Waals surface area contributed by atoms with Gasteiger partial charge in [0.15, 0.2) is 11.5 Å². The number of hydrogen-bond donors (Lipinski definition) is 2. The zero-order valence-electron chi connectivity index (χ0n) is 17.0. The number of urea groups is 1. The lowest BCUT2D eigenvalue weighted by Gasteiger charge is -2.30. The summed E-state index contributed by atoms with van der Waals surface area (Å²) >= 11 is 0. The molecule has 1 heterocycles. The molecule has 1 aromatic carbocycles. The van der Waals surface area contributed by atoms with E-state index in [1.807, 2.05) is 12.1 Å². The normalized spacial score (nSPS) is 15.3. The van der Waals surface area contributed by atoms with Gasteiger partial charge in [0.25, 0.3) is 0 Å². The van der Waals surface area contributed by atoms with Crippen molar-refractivity contribution in [1.29, 1.82) is 0 Å². The van der Waals surface area contributed by atoms with Gasteiger partial charge in [-0.25, -0.2) is 4.79 Å². The molecule has 0 spiro atoms. The highest BCUT2D eigenvalue weighted by molar-refractivity contribution is 5.73. The summed E-state index contributed by atoms with van der Waals surface area (Å²) in [5.41, 5.74) is 0.877. The van der Waals surface area contributed by atoms with Crippen molar-refractivity contribution in [2.24, 2.45) is 5.92 Å². The van der Waals surface area contributed by atoms with Gasteiger partial charge in [-0.1, -0.05) is 6.92 Å². The third-order valence-electron chi connectivity index (χ3n) is 4.99. The maximum atomic E-state index is 12.0. The fourth-order valence-electron chi connectivity index (χ4n) is 3.27. The van der Waals surface area contributed by atoms with E-state index in [2.05, 4.69) is 22.5 Å². The minimum atomic E-state index is -0.170. The SMILES string of the molecule is COc1cc(CNC(=O)NCCCN2CCC(C)CC2)cc(OC)c1OC. The Morgan fingerprint density at radius 2 is 1.70 bits per heavy atom. The number of nitrogens with one attached hydrogen (secondary N) is 2. The molecule has 1 aliphatic rings. The molecule has 0 unspecified atom stereocenters. The van der Waals surface area contributed by atoms with Gasteiger partial charge in [0.05, 0.1) is 21.3 Å². The number of benzene rings is 1. The smallest absolute Gasteiger partial charge is 0.315 e. The lowest BCUT2D eigenvalue weighted by Crippen LogP contribution is -2.38. The maximum Gasteiger partial charge on any atom is 0.315 e. The fraction of sp³-hybridized carbons (Fsp3) is 0.650. The van der Waals surface area contributed by atoms with E-state index in [4.69, 9.17) is 14.2 Å². The monoisotopic (exact) mass is 379 g/mol. The van der Waals surface area contributed by atoms with Gasteiger partial charge in [-0.05, 0) is 62.5 Å². The Labute approximate surface area is 162 Å². The molecule has 2 rings (SSSR count). The van der Waals surface area contributed by atoms with Crippen LogP contribution in [-0.4, -0.2) is 58.4 Å². The van der Waals surface area contributed by atoms with E-state index in [-0.39, 0.29) is 6.03 Å². The molecule has 7 nitrogen and oxygen atoms in total. The van der Waals surface area contributed by atoms with E-state index >= 15 is 0 Å². The summed E-state index contributed by atoms with van der Waals surface area (Å²) in [6, 6.07) is 3.49. The molecule has 0 saturated carbocycles. The van der Waals surface area contributed by atoms with Gasteiger partial charge >= 0.3 is 6.03 Å². The van der Waals surface area contributed by atoms with E-state index in [0.717, 1.165) is 24.4 Å². The quantitative estimate of drug-likeness (QED) is 0.646. The minimum absolute atomic E-state index is 0.170. The van der Waals surface area contributed by atoms with Crippen molar-refractivity contribution >= 4 is 6.03 Å². The largest absolute Gasteiger partial charge is 0.493 e. The second-order valence-corrected chi connectivity index (χ2v) is 7.02. The molecule has 1 saturated heterocycles. The molecule has 1 fully saturated rings. The van der Waals surface area contributed by atoms with E-state index in [1.165, 1.54) is 25.9 Å². The van der Waals surface area contributed by atoms with Gasteiger partial charge in [0.1, 0.15) is 0 Å². The topological polar surface area (TPSA) is 72.1 Å². The predicted octanol–water partition coefficient (Wildman–Crippen LogP) is 2.63. The summed E-state index contributed by atoms with van der Waals surface area (Å²) in [4.78, 5) is 14.5. The number of likely N-dealkylation sites (tertiary alicyclic amines) is 1. The number of rotatable bonds is 9. The summed E-state index contributed by atoms with van der Waals surface area (Å²) in [6.07, 6.45) is 3.53. The molecule has 7 heteroatoms. The van der Waals surface area contributed by atoms with Gasteiger partial charge in [-0.2, -0.15) is 0 Å². The van der Waals surface area contributed by atoms with Crippen molar-refractivity contribution in [1.82, 2.24) is 15.5 Å².